The molecule has 2 aliphatic heterocycles. The van der Waals surface area contributed by atoms with E-state index in [9.17, 15) is 9.59 Å². The van der Waals surface area contributed by atoms with Gasteiger partial charge in [0.2, 0.25) is 5.91 Å². The van der Waals surface area contributed by atoms with E-state index in [0.29, 0.717) is 17.8 Å². The van der Waals surface area contributed by atoms with Gasteiger partial charge in [0.1, 0.15) is 5.84 Å². The second kappa shape index (κ2) is 8.43. The minimum absolute atomic E-state index is 0.00839. The molecule has 0 saturated heterocycles. The maximum Gasteiger partial charge on any atom is 0.234 e. The van der Waals surface area contributed by atoms with Crippen molar-refractivity contribution in [1.29, 1.82) is 0 Å². The maximum absolute atomic E-state index is 12.5. The highest BCUT2D eigenvalue weighted by atomic mass is 32.2. The molecule has 5 rings (SSSR count). The van der Waals surface area contributed by atoms with Crippen LogP contribution in [0.2, 0.25) is 0 Å². The van der Waals surface area contributed by atoms with Crippen molar-refractivity contribution in [2.75, 3.05) is 24.2 Å². The van der Waals surface area contributed by atoms with Crippen LogP contribution in [0.5, 0.6) is 0 Å². The first kappa shape index (κ1) is 20.2. The molecule has 0 saturated carbocycles. The van der Waals surface area contributed by atoms with Crippen LogP contribution >= 0.6 is 11.8 Å². The summed E-state index contributed by atoms with van der Waals surface area (Å²) in [5.74, 6) is 1.61. The van der Waals surface area contributed by atoms with Gasteiger partial charge in [0.05, 0.1) is 29.7 Å². The van der Waals surface area contributed by atoms with Crippen molar-refractivity contribution in [3.8, 4) is 5.69 Å². The number of benzene rings is 2. The molecule has 8 nitrogen and oxygen atoms in total. The minimum Gasteiger partial charge on any atom is -0.325 e. The molecule has 0 radical (unpaired) electrons. The normalized spacial score (nSPS) is 14.3. The fourth-order valence-corrected chi connectivity index (χ4v) is 4.42. The van der Waals surface area contributed by atoms with Crippen LogP contribution in [0.1, 0.15) is 22.8 Å². The average Bonchev–Trinajstić information content (AvgIpc) is 3.45. The summed E-state index contributed by atoms with van der Waals surface area (Å²) in [6.45, 7) is 2.92. The highest BCUT2D eigenvalue weighted by Crippen LogP contribution is 2.33. The summed E-state index contributed by atoms with van der Waals surface area (Å²) in [6.07, 6.45) is 1.79. The van der Waals surface area contributed by atoms with Gasteiger partial charge in [0, 0.05) is 17.8 Å². The van der Waals surface area contributed by atoms with Crippen molar-refractivity contribution in [1.82, 2.24) is 14.7 Å². The zero-order valence-corrected chi connectivity index (χ0v) is 18.2. The van der Waals surface area contributed by atoms with Crippen LogP contribution in [0, 0.1) is 0 Å². The SMILES string of the molecule is CC(=O)c1ccc(NC(=O)CSC2=Nc3c(cnn3-c3ccccc3)C3=NCCN23)cc1. The third kappa shape index (κ3) is 3.82. The number of fused-ring (bicyclic) bond motifs is 3. The lowest BCUT2D eigenvalue weighted by Crippen LogP contribution is -2.36. The van der Waals surface area contributed by atoms with Crippen LogP contribution in [-0.4, -0.2) is 56.2 Å². The van der Waals surface area contributed by atoms with E-state index < -0.39 is 0 Å². The van der Waals surface area contributed by atoms with Crippen LogP contribution in [-0.2, 0) is 4.79 Å². The van der Waals surface area contributed by atoms with Crippen LogP contribution < -0.4 is 5.32 Å². The number of rotatable bonds is 5. The maximum atomic E-state index is 12.5. The molecule has 1 aromatic heterocycles. The first-order valence-corrected chi connectivity index (χ1v) is 11.2. The second-order valence-electron chi connectivity index (χ2n) is 7.35. The lowest BCUT2D eigenvalue weighted by molar-refractivity contribution is -0.113. The number of thioether (sulfide) groups is 1. The van der Waals surface area contributed by atoms with E-state index in [2.05, 4.69) is 15.4 Å². The Bertz CT molecular complexity index is 1250. The van der Waals surface area contributed by atoms with Crippen molar-refractivity contribution >= 4 is 46.0 Å². The van der Waals surface area contributed by atoms with Crippen molar-refractivity contribution in [2.24, 2.45) is 9.98 Å². The fourth-order valence-electron chi connectivity index (χ4n) is 3.61. The van der Waals surface area contributed by atoms with E-state index >= 15 is 0 Å². The summed E-state index contributed by atoms with van der Waals surface area (Å²) >= 11 is 1.37. The smallest absolute Gasteiger partial charge is 0.234 e. The Morgan fingerprint density at radius 1 is 1.09 bits per heavy atom. The lowest BCUT2D eigenvalue weighted by Gasteiger charge is -2.25. The number of carbonyl (C=O) groups excluding carboxylic acids is 2. The average molecular weight is 445 g/mol. The molecule has 0 bridgehead atoms. The zero-order chi connectivity index (χ0) is 22.1. The molecule has 0 atom stereocenters. The number of nitrogens with zero attached hydrogens (tertiary/aromatic N) is 5. The monoisotopic (exact) mass is 444 g/mol. The van der Waals surface area contributed by atoms with Crippen LogP contribution in [0.15, 0.2) is 70.8 Å². The van der Waals surface area contributed by atoms with E-state index in [-0.39, 0.29) is 17.4 Å². The third-order valence-corrected chi connectivity index (χ3v) is 6.14. The summed E-state index contributed by atoms with van der Waals surface area (Å²) in [5, 5.41) is 8.12. The number of para-hydroxylation sites is 1. The Kier molecular flexibility index (Phi) is 5.32. The number of anilines is 1. The Morgan fingerprint density at radius 2 is 1.88 bits per heavy atom. The first-order chi connectivity index (χ1) is 15.6. The molecule has 1 amide bonds. The predicted octanol–water partition coefficient (Wildman–Crippen LogP) is 3.51. The first-order valence-electron chi connectivity index (χ1n) is 10.2. The number of carbonyl (C=O) groups is 2. The molecule has 3 heterocycles. The molecule has 2 aliphatic rings. The summed E-state index contributed by atoms with van der Waals surface area (Å²) < 4.78 is 1.80. The molecule has 0 fully saturated rings. The van der Waals surface area contributed by atoms with Crippen molar-refractivity contribution in [2.45, 2.75) is 6.92 Å². The van der Waals surface area contributed by atoms with Gasteiger partial charge in [-0.05, 0) is 43.3 Å². The van der Waals surface area contributed by atoms with Gasteiger partial charge in [-0.3, -0.25) is 14.6 Å². The number of ketones is 1. The van der Waals surface area contributed by atoms with Crippen LogP contribution in [0.3, 0.4) is 0 Å². The third-order valence-electron chi connectivity index (χ3n) is 5.17. The molecule has 0 aliphatic carbocycles. The summed E-state index contributed by atoms with van der Waals surface area (Å²) in [4.78, 5) is 35.5. The highest BCUT2D eigenvalue weighted by Gasteiger charge is 2.32. The number of aliphatic imine (C=N–C) groups is 2. The van der Waals surface area contributed by atoms with Gasteiger partial charge in [-0.2, -0.15) is 5.10 Å². The Balaban J connectivity index is 1.34. The lowest BCUT2D eigenvalue weighted by atomic mass is 10.1. The van der Waals surface area contributed by atoms with Crippen LogP contribution in [0.25, 0.3) is 5.69 Å². The molecule has 0 unspecified atom stereocenters. The van der Waals surface area contributed by atoms with Crippen molar-refractivity contribution in [3.05, 3.63) is 71.9 Å². The van der Waals surface area contributed by atoms with Gasteiger partial charge in [0.25, 0.3) is 0 Å². The molecule has 32 heavy (non-hydrogen) atoms. The number of hydrogen-bond donors (Lipinski definition) is 1. The fraction of sp³-hybridized carbons (Fsp3) is 0.174. The number of hydrogen-bond acceptors (Lipinski definition) is 7. The second-order valence-corrected chi connectivity index (χ2v) is 8.29. The highest BCUT2D eigenvalue weighted by molar-refractivity contribution is 8.14. The van der Waals surface area contributed by atoms with Gasteiger partial charge in [-0.25, -0.2) is 9.67 Å². The quantitative estimate of drug-likeness (QED) is 0.608. The number of amidine groups is 2. The van der Waals surface area contributed by atoms with E-state index in [1.54, 1.807) is 35.1 Å². The Morgan fingerprint density at radius 3 is 2.62 bits per heavy atom. The van der Waals surface area contributed by atoms with E-state index in [1.165, 1.54) is 18.7 Å². The van der Waals surface area contributed by atoms with E-state index in [4.69, 9.17) is 4.99 Å². The van der Waals surface area contributed by atoms with Gasteiger partial charge < -0.3 is 10.2 Å². The van der Waals surface area contributed by atoms with Crippen molar-refractivity contribution < 1.29 is 9.59 Å². The Hall–Kier alpha value is -3.72. The molecule has 9 heteroatoms. The van der Waals surface area contributed by atoms with Gasteiger partial charge >= 0.3 is 0 Å². The van der Waals surface area contributed by atoms with Gasteiger partial charge in [-0.15, -0.1) is 0 Å². The van der Waals surface area contributed by atoms with Gasteiger partial charge in [-0.1, -0.05) is 30.0 Å². The van der Waals surface area contributed by atoms with E-state index in [1.807, 2.05) is 35.2 Å². The zero-order valence-electron chi connectivity index (χ0n) is 17.4. The van der Waals surface area contributed by atoms with Crippen LogP contribution in [0.4, 0.5) is 11.5 Å². The number of Topliss-reactive ketones (excluding diaryl/α,β-unsaturated/α-hetero) is 1. The summed E-state index contributed by atoms with van der Waals surface area (Å²) in [5.41, 5.74) is 3.08. The summed E-state index contributed by atoms with van der Waals surface area (Å²) in [7, 11) is 0. The summed E-state index contributed by atoms with van der Waals surface area (Å²) in [6, 6.07) is 16.7. The molecule has 2 aromatic carbocycles. The number of aromatic nitrogens is 2. The Labute approximate surface area is 189 Å². The van der Waals surface area contributed by atoms with Crippen molar-refractivity contribution in [3.63, 3.8) is 0 Å². The molecule has 0 spiro atoms. The molecule has 1 N–H and O–H groups in total. The number of nitrogens with one attached hydrogen (secondary N) is 1. The minimum atomic E-state index is -0.145. The predicted molar refractivity (Wildman–Crippen MR) is 126 cm³/mol. The molecule has 160 valence electrons. The largest absolute Gasteiger partial charge is 0.325 e. The molecular weight excluding hydrogens is 424 g/mol. The molecule has 3 aromatic rings. The number of amides is 1. The molecular formula is C23H20N6O2S. The van der Waals surface area contributed by atoms with Gasteiger partial charge in [0.15, 0.2) is 16.8 Å². The standard InChI is InChI=1S/C23H20N6O2S/c1-15(30)16-7-9-17(10-8-16)26-20(31)14-32-23-27-22-19(21-24-11-12-28(21)23)13-25-29(22)18-5-3-2-4-6-18/h2-10,13H,11-12,14H2,1H3,(H,26,31). The van der Waals surface area contributed by atoms with E-state index in [0.717, 1.165) is 34.6 Å². The topological polar surface area (TPSA) is 91.9 Å².